The first kappa shape index (κ1) is 11.4. The lowest BCUT2D eigenvalue weighted by Gasteiger charge is -2.09. The Labute approximate surface area is 99.9 Å². The minimum atomic E-state index is 0.119. The van der Waals surface area contributed by atoms with Gasteiger partial charge in [0.25, 0.3) is 0 Å². The molecule has 1 N–H and O–H groups in total. The molecule has 0 saturated heterocycles. The highest BCUT2D eigenvalue weighted by atomic mass is 16.5. The number of rotatable bonds is 4. The van der Waals surface area contributed by atoms with Gasteiger partial charge in [-0.3, -0.25) is 0 Å². The Hall–Kier alpha value is -2.05. The summed E-state index contributed by atoms with van der Waals surface area (Å²) in [6.07, 6.45) is 0.605. The Kier molecular flexibility index (Phi) is 3.59. The van der Waals surface area contributed by atoms with Crippen LogP contribution in [0.1, 0.15) is 12.0 Å². The Morgan fingerprint density at radius 2 is 1.88 bits per heavy atom. The van der Waals surface area contributed by atoms with Crippen LogP contribution in [0.2, 0.25) is 0 Å². The highest BCUT2D eigenvalue weighted by Gasteiger charge is 2.05. The van der Waals surface area contributed by atoms with E-state index < -0.39 is 0 Å². The van der Waals surface area contributed by atoms with Gasteiger partial charge in [0.15, 0.2) is 0 Å². The maximum absolute atomic E-state index is 9.02. The fourth-order valence-electron chi connectivity index (χ4n) is 1.74. The van der Waals surface area contributed by atoms with Gasteiger partial charge in [0.1, 0.15) is 5.75 Å². The maximum Gasteiger partial charge on any atom is 0.127 e. The maximum atomic E-state index is 9.02. The summed E-state index contributed by atoms with van der Waals surface area (Å²) in [6.45, 7) is 0.598. The van der Waals surface area contributed by atoms with Crippen LogP contribution in [0.15, 0.2) is 36.4 Å². The van der Waals surface area contributed by atoms with E-state index in [2.05, 4.69) is 6.07 Å². The number of benzene rings is 2. The zero-order chi connectivity index (χ0) is 12.1. The van der Waals surface area contributed by atoms with Gasteiger partial charge in [-0.1, -0.05) is 24.3 Å². The van der Waals surface area contributed by atoms with E-state index in [4.69, 9.17) is 15.1 Å². The summed E-state index contributed by atoms with van der Waals surface area (Å²) >= 11 is 0. The topological polar surface area (TPSA) is 53.2 Å². The fraction of sp³-hybridized carbons (Fsp3) is 0.214. The van der Waals surface area contributed by atoms with Crippen molar-refractivity contribution < 1.29 is 9.84 Å². The smallest absolute Gasteiger partial charge is 0.127 e. The number of ether oxygens (including phenoxy) is 1. The second kappa shape index (κ2) is 5.33. The third-order valence-electron chi connectivity index (χ3n) is 2.56. The van der Waals surface area contributed by atoms with Crippen LogP contribution in [-0.4, -0.2) is 18.3 Å². The molecule has 0 amide bonds. The normalized spacial score (nSPS) is 10.1. The molecule has 3 heteroatoms. The van der Waals surface area contributed by atoms with Crippen molar-refractivity contribution in [3.8, 4) is 11.8 Å². The van der Waals surface area contributed by atoms with Crippen LogP contribution >= 0.6 is 0 Å². The predicted molar refractivity (Wildman–Crippen MR) is 65.9 cm³/mol. The third kappa shape index (κ3) is 2.38. The Morgan fingerprint density at radius 3 is 2.59 bits per heavy atom. The van der Waals surface area contributed by atoms with E-state index in [1.54, 1.807) is 12.1 Å². The van der Waals surface area contributed by atoms with Gasteiger partial charge < -0.3 is 9.84 Å². The molecule has 0 bridgehead atoms. The number of aliphatic hydroxyl groups is 1. The SMILES string of the molecule is N#Cc1ccc(OCCCO)c2ccccc12. The number of hydrogen-bond acceptors (Lipinski definition) is 3. The number of nitriles is 1. The molecule has 17 heavy (non-hydrogen) atoms. The van der Waals surface area contributed by atoms with Crippen LogP contribution in [0.3, 0.4) is 0 Å². The zero-order valence-electron chi connectivity index (χ0n) is 9.39. The van der Waals surface area contributed by atoms with Gasteiger partial charge in [-0.25, -0.2) is 0 Å². The van der Waals surface area contributed by atoms with Gasteiger partial charge in [0, 0.05) is 23.8 Å². The zero-order valence-corrected chi connectivity index (χ0v) is 9.39. The van der Waals surface area contributed by atoms with Crippen LogP contribution in [0.5, 0.6) is 5.75 Å². The lowest BCUT2D eigenvalue weighted by Crippen LogP contribution is -2.00. The molecule has 2 aromatic carbocycles. The molecule has 3 nitrogen and oxygen atoms in total. The van der Waals surface area contributed by atoms with Crippen molar-refractivity contribution in [3.63, 3.8) is 0 Å². The number of hydrogen-bond donors (Lipinski definition) is 1. The van der Waals surface area contributed by atoms with Crippen molar-refractivity contribution in [2.45, 2.75) is 6.42 Å². The molecule has 2 rings (SSSR count). The molecule has 0 aromatic heterocycles. The molecule has 0 spiro atoms. The van der Waals surface area contributed by atoms with Gasteiger partial charge in [0.2, 0.25) is 0 Å². The summed E-state index contributed by atoms with van der Waals surface area (Å²) in [5.74, 6) is 0.757. The molecule has 0 aliphatic heterocycles. The quantitative estimate of drug-likeness (QED) is 0.816. The molecular weight excluding hydrogens is 214 g/mol. The van der Waals surface area contributed by atoms with Crippen LogP contribution in [0.25, 0.3) is 10.8 Å². The lowest BCUT2D eigenvalue weighted by atomic mass is 10.0. The molecule has 0 heterocycles. The minimum Gasteiger partial charge on any atom is -0.493 e. The average Bonchev–Trinajstić information content (AvgIpc) is 2.39. The van der Waals surface area contributed by atoms with E-state index in [0.717, 1.165) is 16.5 Å². The second-order valence-corrected chi connectivity index (χ2v) is 3.69. The van der Waals surface area contributed by atoms with Crippen molar-refractivity contribution >= 4 is 10.8 Å². The van der Waals surface area contributed by atoms with Crippen LogP contribution in [0, 0.1) is 11.3 Å². The largest absolute Gasteiger partial charge is 0.493 e. The van der Waals surface area contributed by atoms with Crippen molar-refractivity contribution in [1.29, 1.82) is 5.26 Å². The first-order chi connectivity index (χ1) is 8.36. The van der Waals surface area contributed by atoms with Crippen LogP contribution in [-0.2, 0) is 0 Å². The highest BCUT2D eigenvalue weighted by Crippen LogP contribution is 2.28. The van der Waals surface area contributed by atoms with Crippen molar-refractivity contribution in [1.82, 2.24) is 0 Å². The van der Waals surface area contributed by atoms with Gasteiger partial charge in [-0.05, 0) is 12.1 Å². The number of aliphatic hydroxyl groups excluding tert-OH is 1. The van der Waals surface area contributed by atoms with Gasteiger partial charge >= 0.3 is 0 Å². The van der Waals surface area contributed by atoms with Gasteiger partial charge in [-0.15, -0.1) is 0 Å². The van der Waals surface area contributed by atoms with Crippen LogP contribution in [0.4, 0.5) is 0 Å². The first-order valence-electron chi connectivity index (χ1n) is 5.52. The monoisotopic (exact) mass is 227 g/mol. The molecule has 0 aliphatic rings. The van der Waals surface area contributed by atoms with Crippen LogP contribution < -0.4 is 4.74 Å². The number of nitrogens with zero attached hydrogens (tertiary/aromatic N) is 1. The molecule has 0 radical (unpaired) electrons. The van der Waals surface area contributed by atoms with Gasteiger partial charge in [0.05, 0.1) is 18.2 Å². The van der Waals surface area contributed by atoms with Crippen molar-refractivity contribution in [3.05, 3.63) is 42.0 Å². The lowest BCUT2D eigenvalue weighted by molar-refractivity contribution is 0.235. The summed E-state index contributed by atoms with van der Waals surface area (Å²) in [5.41, 5.74) is 0.648. The second-order valence-electron chi connectivity index (χ2n) is 3.69. The van der Waals surface area contributed by atoms with E-state index in [1.807, 2.05) is 24.3 Å². The summed E-state index contributed by atoms with van der Waals surface area (Å²) < 4.78 is 5.59. The Bertz CT molecular complexity index is 558. The Morgan fingerprint density at radius 1 is 1.12 bits per heavy atom. The fourth-order valence-corrected chi connectivity index (χ4v) is 1.74. The molecule has 2 aromatic rings. The molecule has 86 valence electrons. The number of fused-ring (bicyclic) bond motifs is 1. The van der Waals surface area contributed by atoms with E-state index in [9.17, 15) is 0 Å². The van der Waals surface area contributed by atoms with E-state index in [0.29, 0.717) is 18.6 Å². The molecular formula is C14H13NO2. The standard InChI is InChI=1S/C14H13NO2/c15-10-11-6-7-14(17-9-3-8-16)13-5-2-1-4-12(11)13/h1-2,4-7,16H,3,8-9H2. The summed E-state index contributed by atoms with van der Waals surface area (Å²) in [4.78, 5) is 0. The summed E-state index contributed by atoms with van der Waals surface area (Å²) in [5, 5.41) is 19.6. The highest BCUT2D eigenvalue weighted by molar-refractivity contribution is 5.92. The van der Waals surface area contributed by atoms with Crippen molar-refractivity contribution in [2.24, 2.45) is 0 Å². The molecule has 0 atom stereocenters. The molecule has 0 fully saturated rings. The molecule has 0 saturated carbocycles. The minimum absolute atomic E-state index is 0.119. The summed E-state index contributed by atoms with van der Waals surface area (Å²) in [7, 11) is 0. The first-order valence-corrected chi connectivity index (χ1v) is 5.52. The Balaban J connectivity index is 2.41. The third-order valence-corrected chi connectivity index (χ3v) is 2.56. The van der Waals surface area contributed by atoms with Gasteiger partial charge in [-0.2, -0.15) is 5.26 Å². The molecule has 0 aliphatic carbocycles. The van der Waals surface area contributed by atoms with E-state index in [-0.39, 0.29) is 6.61 Å². The summed E-state index contributed by atoms with van der Waals surface area (Å²) in [6, 6.07) is 13.4. The average molecular weight is 227 g/mol. The van der Waals surface area contributed by atoms with E-state index >= 15 is 0 Å². The van der Waals surface area contributed by atoms with E-state index in [1.165, 1.54) is 0 Å². The van der Waals surface area contributed by atoms with Crippen molar-refractivity contribution in [2.75, 3.05) is 13.2 Å². The molecule has 0 unspecified atom stereocenters. The predicted octanol–water partition coefficient (Wildman–Crippen LogP) is 2.47.